The predicted molar refractivity (Wildman–Crippen MR) is 82.8 cm³/mol. The Balaban J connectivity index is 2.35. The number of nitrogens with zero attached hydrogens (tertiary/aromatic N) is 2. The van der Waals surface area contributed by atoms with Crippen LogP contribution >= 0.6 is 0 Å². The van der Waals surface area contributed by atoms with E-state index in [2.05, 4.69) is 9.98 Å². The van der Waals surface area contributed by atoms with Crippen molar-refractivity contribution >= 4 is 21.5 Å². The molecule has 1 aliphatic rings. The Morgan fingerprint density at radius 3 is 2.27 bits per heavy atom. The van der Waals surface area contributed by atoms with Gasteiger partial charge in [0.15, 0.2) is 0 Å². The zero-order valence-electron chi connectivity index (χ0n) is 12.1. The number of hydrogen-bond acceptors (Lipinski definition) is 5. The Labute approximate surface area is 125 Å². The maximum Gasteiger partial charge on any atom is 0.146 e. The zero-order valence-corrected chi connectivity index (χ0v) is 12.1. The van der Waals surface area contributed by atoms with Gasteiger partial charge < -0.3 is 15.3 Å². The summed E-state index contributed by atoms with van der Waals surface area (Å²) in [6.45, 7) is 3.76. The molecule has 0 aromatic heterocycles. The number of fused-ring (bicyclic) bond motifs is 4. The van der Waals surface area contributed by atoms with Gasteiger partial charge in [-0.05, 0) is 32.0 Å². The van der Waals surface area contributed by atoms with Crippen LogP contribution < -0.4 is 10.7 Å². The summed E-state index contributed by atoms with van der Waals surface area (Å²) < 4.78 is 0. The summed E-state index contributed by atoms with van der Waals surface area (Å²) in [5.41, 5.74) is -0.591. The van der Waals surface area contributed by atoms with E-state index in [-0.39, 0.29) is 22.6 Å². The highest BCUT2D eigenvalue weighted by Gasteiger charge is 2.23. The van der Waals surface area contributed by atoms with Crippen LogP contribution in [-0.2, 0) is 0 Å². The van der Waals surface area contributed by atoms with E-state index in [4.69, 9.17) is 0 Å². The van der Waals surface area contributed by atoms with Gasteiger partial charge in [-0.25, -0.2) is 0 Å². The van der Waals surface area contributed by atoms with Crippen LogP contribution in [0.2, 0.25) is 0 Å². The Bertz CT molecular complexity index is 1080. The minimum Gasteiger partial charge on any atom is -0.507 e. The summed E-state index contributed by atoms with van der Waals surface area (Å²) in [7, 11) is 0. The molecule has 0 spiro atoms. The summed E-state index contributed by atoms with van der Waals surface area (Å²) in [6, 6.07) is 8.21. The van der Waals surface area contributed by atoms with E-state index in [1.807, 2.05) is 13.8 Å². The number of phenolic OH excluding ortho intramolecular Hbond substituents is 3. The first-order valence-electron chi connectivity index (χ1n) is 6.97. The SMILES string of the molecule is CC1(C)N=c2ccc3c(O)c4c(O)cccc4c(O)c3c2=N1. The molecule has 3 aromatic rings. The topological polar surface area (TPSA) is 85.4 Å². The molecule has 0 bridgehead atoms. The molecule has 0 atom stereocenters. The van der Waals surface area contributed by atoms with Gasteiger partial charge in [0.25, 0.3) is 0 Å². The Morgan fingerprint density at radius 1 is 0.818 bits per heavy atom. The quantitative estimate of drug-likeness (QED) is 0.438. The van der Waals surface area contributed by atoms with Crippen molar-refractivity contribution in [3.63, 3.8) is 0 Å². The standard InChI is InChI=1S/C17H14N2O3/c1-17(2)18-10-7-6-9-13(14(10)19-17)16(22)8-4-3-5-11(20)12(8)15(9)21/h3-7,20-22H,1-2H3. The van der Waals surface area contributed by atoms with E-state index in [9.17, 15) is 15.3 Å². The molecule has 3 aromatic carbocycles. The van der Waals surface area contributed by atoms with Crippen molar-refractivity contribution in [1.29, 1.82) is 0 Å². The number of hydrogen-bond donors (Lipinski definition) is 3. The lowest BCUT2D eigenvalue weighted by atomic mass is 9.99. The van der Waals surface area contributed by atoms with Gasteiger partial charge in [0, 0.05) is 10.8 Å². The van der Waals surface area contributed by atoms with Crippen LogP contribution in [0, 0.1) is 0 Å². The molecule has 0 radical (unpaired) electrons. The normalized spacial score (nSPS) is 15.5. The second-order valence-corrected chi connectivity index (χ2v) is 5.97. The van der Waals surface area contributed by atoms with E-state index in [0.717, 1.165) is 0 Å². The second kappa shape index (κ2) is 3.88. The Kier molecular flexibility index (Phi) is 2.27. The van der Waals surface area contributed by atoms with Crippen molar-refractivity contribution in [2.75, 3.05) is 0 Å². The molecule has 1 heterocycles. The number of phenols is 3. The van der Waals surface area contributed by atoms with Crippen LogP contribution in [0.1, 0.15) is 13.8 Å². The smallest absolute Gasteiger partial charge is 0.146 e. The highest BCUT2D eigenvalue weighted by atomic mass is 16.3. The lowest BCUT2D eigenvalue weighted by Gasteiger charge is -2.10. The van der Waals surface area contributed by atoms with Crippen molar-refractivity contribution < 1.29 is 15.3 Å². The van der Waals surface area contributed by atoms with Crippen LogP contribution in [0.25, 0.3) is 21.5 Å². The van der Waals surface area contributed by atoms with Gasteiger partial charge in [-0.2, -0.15) is 0 Å². The van der Waals surface area contributed by atoms with Crippen LogP contribution in [0.3, 0.4) is 0 Å². The van der Waals surface area contributed by atoms with Gasteiger partial charge >= 0.3 is 0 Å². The van der Waals surface area contributed by atoms with E-state index < -0.39 is 5.66 Å². The molecular formula is C17H14N2O3. The van der Waals surface area contributed by atoms with Gasteiger partial charge in [0.1, 0.15) is 22.9 Å². The van der Waals surface area contributed by atoms with Gasteiger partial charge in [0.05, 0.1) is 21.5 Å². The van der Waals surface area contributed by atoms with E-state index in [1.54, 1.807) is 24.3 Å². The lowest BCUT2D eigenvalue weighted by molar-refractivity contribution is 0.463. The van der Waals surface area contributed by atoms with Gasteiger partial charge in [-0.3, -0.25) is 9.98 Å². The second-order valence-electron chi connectivity index (χ2n) is 5.97. The largest absolute Gasteiger partial charge is 0.507 e. The molecular weight excluding hydrogens is 280 g/mol. The molecule has 22 heavy (non-hydrogen) atoms. The maximum atomic E-state index is 10.7. The average molecular weight is 294 g/mol. The fourth-order valence-electron chi connectivity index (χ4n) is 3.07. The molecule has 3 N–H and O–H groups in total. The summed E-state index contributed by atoms with van der Waals surface area (Å²) in [5, 5.41) is 34.0. The minimum atomic E-state index is -0.591. The van der Waals surface area contributed by atoms with Crippen LogP contribution in [0.4, 0.5) is 0 Å². The highest BCUT2D eigenvalue weighted by molar-refractivity contribution is 6.12. The van der Waals surface area contributed by atoms with Crippen LogP contribution in [0.5, 0.6) is 17.2 Å². The summed E-state index contributed by atoms with van der Waals surface area (Å²) in [5.74, 6) is -0.148. The van der Waals surface area contributed by atoms with Gasteiger partial charge in [-0.1, -0.05) is 12.1 Å². The van der Waals surface area contributed by atoms with Crippen molar-refractivity contribution in [3.8, 4) is 17.2 Å². The highest BCUT2D eigenvalue weighted by Crippen LogP contribution is 2.43. The minimum absolute atomic E-state index is 0.00722. The molecule has 4 rings (SSSR count). The molecule has 0 saturated carbocycles. The number of benzene rings is 3. The first-order chi connectivity index (χ1) is 10.4. The first-order valence-corrected chi connectivity index (χ1v) is 6.97. The third kappa shape index (κ3) is 1.53. The molecule has 1 aliphatic heterocycles. The zero-order chi connectivity index (χ0) is 15.6. The third-order valence-electron chi connectivity index (χ3n) is 3.96. The molecule has 5 heteroatoms. The molecule has 0 fully saturated rings. The summed E-state index contributed by atoms with van der Waals surface area (Å²) in [4.78, 5) is 9.04. The van der Waals surface area contributed by atoms with Crippen molar-refractivity contribution in [2.24, 2.45) is 9.98 Å². The molecule has 0 aliphatic carbocycles. The van der Waals surface area contributed by atoms with Gasteiger partial charge in [-0.15, -0.1) is 0 Å². The van der Waals surface area contributed by atoms with Crippen LogP contribution in [0.15, 0.2) is 40.3 Å². The third-order valence-corrected chi connectivity index (χ3v) is 3.96. The summed E-state index contributed by atoms with van der Waals surface area (Å²) in [6.07, 6.45) is 0. The predicted octanol–water partition coefficient (Wildman–Crippen LogP) is 2.10. The van der Waals surface area contributed by atoms with Crippen molar-refractivity contribution in [2.45, 2.75) is 19.5 Å². The fraction of sp³-hybridized carbons (Fsp3) is 0.176. The van der Waals surface area contributed by atoms with Crippen molar-refractivity contribution in [3.05, 3.63) is 41.0 Å². The molecule has 0 amide bonds. The molecule has 110 valence electrons. The van der Waals surface area contributed by atoms with Crippen LogP contribution in [-0.4, -0.2) is 21.0 Å². The van der Waals surface area contributed by atoms with Gasteiger partial charge in [0.2, 0.25) is 0 Å². The molecule has 0 unspecified atom stereocenters. The summed E-state index contributed by atoms with van der Waals surface area (Å²) >= 11 is 0. The fourth-order valence-corrected chi connectivity index (χ4v) is 3.07. The van der Waals surface area contributed by atoms with Crippen molar-refractivity contribution in [1.82, 2.24) is 0 Å². The van der Waals surface area contributed by atoms with E-state index in [0.29, 0.717) is 26.9 Å². The maximum absolute atomic E-state index is 10.7. The number of rotatable bonds is 0. The number of aromatic hydroxyl groups is 3. The Hall–Kier alpha value is -2.82. The first kappa shape index (κ1) is 12.9. The Morgan fingerprint density at radius 2 is 1.50 bits per heavy atom. The monoisotopic (exact) mass is 294 g/mol. The van der Waals surface area contributed by atoms with E-state index in [1.165, 1.54) is 6.07 Å². The average Bonchev–Trinajstić information content (AvgIpc) is 2.77. The van der Waals surface area contributed by atoms with E-state index >= 15 is 0 Å². The molecule has 5 nitrogen and oxygen atoms in total. The lowest BCUT2D eigenvalue weighted by Crippen LogP contribution is -2.22. The molecule has 0 saturated heterocycles.